The Labute approximate surface area is 154 Å². The first-order valence-corrected chi connectivity index (χ1v) is 11.0. The standard InChI is InChI=1S/C19H26N2O4S/c1-2-26(24,25)21-16(11-22)17(14-7-4-3-5-8-14)19(21)12-20(13-19)18(23)15-9-6-10-15/h3-5,7-8,15-17,22H,2,6,9-13H2,1H3/t16-,17-/m1/s1. The Morgan fingerprint density at radius 1 is 1.23 bits per heavy atom. The van der Waals surface area contributed by atoms with Crippen molar-refractivity contribution in [1.29, 1.82) is 0 Å². The van der Waals surface area contributed by atoms with E-state index in [2.05, 4.69) is 0 Å². The highest BCUT2D eigenvalue weighted by Gasteiger charge is 2.70. The van der Waals surface area contributed by atoms with E-state index in [9.17, 15) is 18.3 Å². The minimum atomic E-state index is -3.46. The summed E-state index contributed by atoms with van der Waals surface area (Å²) >= 11 is 0. The van der Waals surface area contributed by atoms with Crippen molar-refractivity contribution >= 4 is 15.9 Å². The van der Waals surface area contributed by atoms with Crippen LogP contribution in [0.25, 0.3) is 0 Å². The van der Waals surface area contributed by atoms with Crippen LogP contribution in [0.15, 0.2) is 30.3 Å². The van der Waals surface area contributed by atoms with Gasteiger partial charge in [-0.15, -0.1) is 0 Å². The Morgan fingerprint density at radius 2 is 1.88 bits per heavy atom. The highest BCUT2D eigenvalue weighted by atomic mass is 32.2. The van der Waals surface area contributed by atoms with Gasteiger partial charge in [0.15, 0.2) is 0 Å². The number of nitrogens with zero attached hydrogens (tertiary/aromatic N) is 2. The number of hydrogen-bond acceptors (Lipinski definition) is 4. The number of benzene rings is 1. The second kappa shape index (κ2) is 6.32. The van der Waals surface area contributed by atoms with Crippen LogP contribution in [0.2, 0.25) is 0 Å². The Balaban J connectivity index is 1.65. The van der Waals surface area contributed by atoms with Gasteiger partial charge in [0.1, 0.15) is 0 Å². The normalized spacial score (nSPS) is 28.3. The fourth-order valence-corrected chi connectivity index (χ4v) is 6.56. The fourth-order valence-electron chi connectivity index (χ4n) is 4.89. The van der Waals surface area contributed by atoms with E-state index in [1.807, 2.05) is 35.2 Å². The quantitative estimate of drug-likeness (QED) is 0.835. The lowest BCUT2D eigenvalue weighted by molar-refractivity contribution is -0.173. The molecule has 0 radical (unpaired) electrons. The molecule has 3 fully saturated rings. The van der Waals surface area contributed by atoms with Gasteiger partial charge in [0.25, 0.3) is 0 Å². The average molecular weight is 378 g/mol. The maximum absolute atomic E-state index is 12.7. The summed E-state index contributed by atoms with van der Waals surface area (Å²) in [5, 5.41) is 9.92. The SMILES string of the molecule is CCS(=O)(=O)N1[C@H](CO)[C@@H](c2ccccc2)C12CN(C(=O)C1CCC1)C2. The molecule has 1 spiro atoms. The summed E-state index contributed by atoms with van der Waals surface area (Å²) in [4.78, 5) is 14.4. The third kappa shape index (κ3) is 2.44. The zero-order chi connectivity index (χ0) is 18.5. The fraction of sp³-hybridized carbons (Fsp3) is 0.632. The summed E-state index contributed by atoms with van der Waals surface area (Å²) < 4.78 is 27.0. The van der Waals surface area contributed by atoms with Crippen LogP contribution in [0.1, 0.15) is 37.7 Å². The van der Waals surface area contributed by atoms with Gasteiger partial charge in [-0.1, -0.05) is 36.8 Å². The molecule has 2 heterocycles. The van der Waals surface area contributed by atoms with Crippen LogP contribution in [0.4, 0.5) is 0 Å². The molecule has 0 aromatic heterocycles. The summed E-state index contributed by atoms with van der Waals surface area (Å²) in [5.41, 5.74) is 0.424. The summed E-state index contributed by atoms with van der Waals surface area (Å²) in [5.74, 6) is 0.200. The Morgan fingerprint density at radius 3 is 2.38 bits per heavy atom. The van der Waals surface area contributed by atoms with Gasteiger partial charge in [-0.3, -0.25) is 4.79 Å². The molecular formula is C19H26N2O4S. The first-order chi connectivity index (χ1) is 12.4. The van der Waals surface area contributed by atoms with E-state index in [0.717, 1.165) is 24.8 Å². The van der Waals surface area contributed by atoms with Crippen LogP contribution in [0.5, 0.6) is 0 Å². The van der Waals surface area contributed by atoms with E-state index in [4.69, 9.17) is 0 Å². The molecule has 1 N–H and O–H groups in total. The van der Waals surface area contributed by atoms with Gasteiger partial charge in [0, 0.05) is 24.9 Å². The minimum Gasteiger partial charge on any atom is -0.395 e. The number of aliphatic hydroxyl groups excluding tert-OH is 1. The van der Waals surface area contributed by atoms with Crippen LogP contribution in [-0.4, -0.2) is 65.7 Å². The molecule has 2 saturated heterocycles. The molecule has 1 aliphatic carbocycles. The van der Waals surface area contributed by atoms with Crippen molar-refractivity contribution in [2.45, 2.75) is 43.7 Å². The first kappa shape index (κ1) is 17.9. The van der Waals surface area contributed by atoms with Gasteiger partial charge in [-0.05, 0) is 25.3 Å². The van der Waals surface area contributed by atoms with Crippen molar-refractivity contribution in [3.63, 3.8) is 0 Å². The minimum absolute atomic E-state index is 0.00330. The number of amides is 1. The number of aliphatic hydroxyl groups is 1. The molecule has 142 valence electrons. The summed E-state index contributed by atoms with van der Waals surface area (Å²) in [6.45, 7) is 2.27. The largest absolute Gasteiger partial charge is 0.395 e. The van der Waals surface area contributed by atoms with E-state index in [1.165, 1.54) is 4.31 Å². The predicted molar refractivity (Wildman–Crippen MR) is 98.0 cm³/mol. The zero-order valence-electron chi connectivity index (χ0n) is 15.0. The summed E-state index contributed by atoms with van der Waals surface area (Å²) in [6.07, 6.45) is 2.99. The number of rotatable bonds is 5. The van der Waals surface area contributed by atoms with E-state index in [-0.39, 0.29) is 30.1 Å². The molecule has 1 saturated carbocycles. The van der Waals surface area contributed by atoms with Gasteiger partial charge in [0.05, 0.1) is 23.9 Å². The average Bonchev–Trinajstić information content (AvgIpc) is 2.52. The molecule has 0 bridgehead atoms. The van der Waals surface area contributed by atoms with Gasteiger partial charge >= 0.3 is 0 Å². The molecular weight excluding hydrogens is 352 g/mol. The molecule has 4 rings (SSSR count). The van der Waals surface area contributed by atoms with Crippen LogP contribution in [0.3, 0.4) is 0 Å². The Kier molecular flexibility index (Phi) is 4.36. The smallest absolute Gasteiger partial charge is 0.225 e. The number of likely N-dealkylation sites (tertiary alicyclic amines) is 1. The van der Waals surface area contributed by atoms with Crippen molar-refractivity contribution in [3.05, 3.63) is 35.9 Å². The van der Waals surface area contributed by atoms with Gasteiger partial charge in [-0.25, -0.2) is 8.42 Å². The third-order valence-corrected chi connectivity index (χ3v) is 8.37. The highest BCUT2D eigenvalue weighted by molar-refractivity contribution is 7.89. The van der Waals surface area contributed by atoms with Gasteiger partial charge < -0.3 is 10.0 Å². The molecule has 1 aromatic rings. The lowest BCUT2D eigenvalue weighted by atomic mass is 9.62. The van der Waals surface area contributed by atoms with Crippen molar-refractivity contribution in [2.75, 3.05) is 25.4 Å². The first-order valence-electron chi connectivity index (χ1n) is 9.41. The molecule has 6 nitrogen and oxygen atoms in total. The number of sulfonamides is 1. The molecule has 1 amide bonds. The second-order valence-electron chi connectivity index (χ2n) is 7.76. The van der Waals surface area contributed by atoms with E-state index < -0.39 is 21.6 Å². The lowest BCUT2D eigenvalue weighted by Crippen LogP contribution is -2.86. The highest BCUT2D eigenvalue weighted by Crippen LogP contribution is 2.55. The molecule has 0 unspecified atom stereocenters. The summed E-state index contributed by atoms with van der Waals surface area (Å²) in [6, 6.07) is 9.32. The predicted octanol–water partition coefficient (Wildman–Crippen LogP) is 1.18. The lowest BCUT2D eigenvalue weighted by Gasteiger charge is -2.69. The molecule has 1 aromatic carbocycles. The summed E-state index contributed by atoms with van der Waals surface area (Å²) in [7, 11) is -3.46. The van der Waals surface area contributed by atoms with Crippen molar-refractivity contribution in [2.24, 2.45) is 5.92 Å². The molecule has 3 aliphatic rings. The van der Waals surface area contributed by atoms with Gasteiger partial charge in [-0.2, -0.15) is 4.31 Å². The maximum Gasteiger partial charge on any atom is 0.225 e. The number of carbonyl (C=O) groups is 1. The Bertz CT molecular complexity index is 785. The second-order valence-corrected chi connectivity index (χ2v) is 9.89. The Hall–Kier alpha value is -1.44. The molecule has 26 heavy (non-hydrogen) atoms. The van der Waals surface area contributed by atoms with Crippen molar-refractivity contribution in [1.82, 2.24) is 9.21 Å². The van der Waals surface area contributed by atoms with E-state index in [1.54, 1.807) is 6.92 Å². The van der Waals surface area contributed by atoms with E-state index in [0.29, 0.717) is 13.1 Å². The monoisotopic (exact) mass is 378 g/mol. The van der Waals surface area contributed by atoms with Crippen LogP contribution in [-0.2, 0) is 14.8 Å². The molecule has 7 heteroatoms. The van der Waals surface area contributed by atoms with Gasteiger partial charge in [0.2, 0.25) is 15.9 Å². The maximum atomic E-state index is 12.7. The molecule has 2 aliphatic heterocycles. The number of hydrogen-bond donors (Lipinski definition) is 1. The zero-order valence-corrected chi connectivity index (χ0v) is 15.9. The topological polar surface area (TPSA) is 77.9 Å². The van der Waals surface area contributed by atoms with Crippen molar-refractivity contribution in [3.8, 4) is 0 Å². The van der Waals surface area contributed by atoms with Crippen LogP contribution in [0, 0.1) is 5.92 Å². The van der Waals surface area contributed by atoms with Crippen LogP contribution >= 0.6 is 0 Å². The molecule has 2 atom stereocenters. The van der Waals surface area contributed by atoms with Crippen LogP contribution < -0.4 is 0 Å². The van der Waals surface area contributed by atoms with Crippen molar-refractivity contribution < 1.29 is 18.3 Å². The van der Waals surface area contributed by atoms with E-state index >= 15 is 0 Å². The number of carbonyl (C=O) groups excluding carboxylic acids is 1. The third-order valence-electron chi connectivity index (χ3n) is 6.41.